The van der Waals surface area contributed by atoms with Gasteiger partial charge < -0.3 is 14.8 Å². The lowest BCUT2D eigenvalue weighted by Gasteiger charge is -2.13. The van der Waals surface area contributed by atoms with E-state index in [9.17, 15) is 4.79 Å². The van der Waals surface area contributed by atoms with Crippen LogP contribution in [-0.2, 0) is 14.3 Å². The Kier molecular flexibility index (Phi) is 7.42. The fraction of sp³-hybridized carbons (Fsp3) is 0.900. The van der Waals surface area contributed by atoms with Crippen LogP contribution in [0.3, 0.4) is 0 Å². The predicted molar refractivity (Wildman–Crippen MR) is 55.2 cm³/mol. The average molecular weight is 203 g/mol. The van der Waals surface area contributed by atoms with Crippen molar-refractivity contribution < 1.29 is 14.3 Å². The molecule has 0 aliphatic rings. The third-order valence-corrected chi connectivity index (χ3v) is 1.75. The van der Waals surface area contributed by atoms with Crippen molar-refractivity contribution in [2.75, 3.05) is 20.3 Å². The van der Waals surface area contributed by atoms with E-state index in [0.29, 0.717) is 13.0 Å². The first-order valence-corrected chi connectivity index (χ1v) is 4.98. The molecular weight excluding hydrogens is 182 g/mol. The molecule has 4 heteroatoms. The monoisotopic (exact) mass is 203 g/mol. The fourth-order valence-electron chi connectivity index (χ4n) is 1.01. The minimum Gasteiger partial charge on any atom is -0.469 e. The van der Waals surface area contributed by atoms with Gasteiger partial charge in [-0.05, 0) is 20.8 Å². The van der Waals surface area contributed by atoms with Crippen LogP contribution in [0.2, 0.25) is 0 Å². The van der Waals surface area contributed by atoms with Crippen molar-refractivity contribution in [2.45, 2.75) is 39.3 Å². The maximum absolute atomic E-state index is 10.9. The molecular formula is C10H21NO3. The van der Waals surface area contributed by atoms with Crippen molar-refractivity contribution in [1.82, 2.24) is 5.32 Å². The molecule has 0 saturated heterocycles. The van der Waals surface area contributed by atoms with Gasteiger partial charge in [0.05, 0.1) is 26.2 Å². The molecule has 0 rings (SSSR count). The van der Waals surface area contributed by atoms with Gasteiger partial charge in [-0.3, -0.25) is 4.79 Å². The van der Waals surface area contributed by atoms with Gasteiger partial charge in [0.1, 0.15) is 0 Å². The minimum absolute atomic E-state index is 0.137. The molecule has 0 aromatic carbocycles. The van der Waals surface area contributed by atoms with E-state index < -0.39 is 0 Å². The van der Waals surface area contributed by atoms with Crippen molar-refractivity contribution in [2.24, 2.45) is 0 Å². The number of carbonyl (C=O) groups is 1. The summed E-state index contributed by atoms with van der Waals surface area (Å²) >= 11 is 0. The number of carbonyl (C=O) groups excluding carboxylic acids is 1. The summed E-state index contributed by atoms with van der Waals surface area (Å²) in [6.45, 7) is 7.38. The van der Waals surface area contributed by atoms with Gasteiger partial charge in [0.15, 0.2) is 0 Å². The highest BCUT2D eigenvalue weighted by Gasteiger charge is 2.07. The van der Waals surface area contributed by atoms with Crippen LogP contribution in [0.4, 0.5) is 0 Å². The number of ether oxygens (including phenoxy) is 2. The SMILES string of the molecule is COC(=O)CC(C)NCCOC(C)C. The van der Waals surface area contributed by atoms with Crippen molar-refractivity contribution in [3.63, 3.8) is 0 Å². The number of nitrogens with one attached hydrogen (secondary N) is 1. The lowest BCUT2D eigenvalue weighted by Crippen LogP contribution is -2.32. The van der Waals surface area contributed by atoms with Crippen LogP contribution >= 0.6 is 0 Å². The number of esters is 1. The molecule has 0 spiro atoms. The molecule has 0 bridgehead atoms. The van der Waals surface area contributed by atoms with Crippen molar-refractivity contribution in [3.05, 3.63) is 0 Å². The van der Waals surface area contributed by atoms with Gasteiger partial charge in [0.25, 0.3) is 0 Å². The Morgan fingerprint density at radius 1 is 1.36 bits per heavy atom. The summed E-state index contributed by atoms with van der Waals surface area (Å²) in [6.07, 6.45) is 0.658. The average Bonchev–Trinajstić information content (AvgIpc) is 2.12. The molecule has 0 aromatic rings. The normalized spacial score (nSPS) is 12.9. The molecule has 14 heavy (non-hydrogen) atoms. The van der Waals surface area contributed by atoms with Crippen molar-refractivity contribution >= 4 is 5.97 Å². The maximum Gasteiger partial charge on any atom is 0.307 e. The van der Waals surface area contributed by atoms with Crippen LogP contribution in [0.25, 0.3) is 0 Å². The third-order valence-electron chi connectivity index (χ3n) is 1.75. The van der Waals surface area contributed by atoms with Gasteiger partial charge in [-0.15, -0.1) is 0 Å². The zero-order valence-corrected chi connectivity index (χ0v) is 9.50. The quantitative estimate of drug-likeness (QED) is 0.494. The largest absolute Gasteiger partial charge is 0.469 e. The second-order valence-electron chi connectivity index (χ2n) is 3.55. The van der Waals surface area contributed by atoms with E-state index in [2.05, 4.69) is 10.1 Å². The molecule has 1 N–H and O–H groups in total. The maximum atomic E-state index is 10.9. The number of rotatable bonds is 7. The van der Waals surface area contributed by atoms with Gasteiger partial charge in [-0.2, -0.15) is 0 Å². The highest BCUT2D eigenvalue weighted by Crippen LogP contribution is 1.92. The molecule has 84 valence electrons. The van der Waals surface area contributed by atoms with Gasteiger partial charge in [-0.25, -0.2) is 0 Å². The summed E-state index contributed by atoms with van der Waals surface area (Å²) in [5.41, 5.74) is 0. The molecule has 0 aliphatic heterocycles. The van der Waals surface area contributed by atoms with Crippen LogP contribution < -0.4 is 5.32 Å². The van der Waals surface area contributed by atoms with Crippen LogP contribution in [0.5, 0.6) is 0 Å². The van der Waals surface area contributed by atoms with Crippen LogP contribution in [-0.4, -0.2) is 38.4 Å². The summed E-state index contributed by atoms with van der Waals surface area (Å²) in [5.74, 6) is -0.185. The number of methoxy groups -OCH3 is 1. The Morgan fingerprint density at radius 2 is 2.00 bits per heavy atom. The first-order chi connectivity index (χ1) is 6.56. The van der Waals surface area contributed by atoms with Gasteiger partial charge in [0, 0.05) is 12.6 Å². The minimum atomic E-state index is -0.185. The van der Waals surface area contributed by atoms with Crippen LogP contribution in [0.1, 0.15) is 27.2 Å². The van der Waals surface area contributed by atoms with Gasteiger partial charge >= 0.3 is 5.97 Å². The van der Waals surface area contributed by atoms with Crippen LogP contribution in [0, 0.1) is 0 Å². The summed E-state index contributed by atoms with van der Waals surface area (Å²) in [7, 11) is 1.40. The zero-order chi connectivity index (χ0) is 11.0. The highest BCUT2D eigenvalue weighted by atomic mass is 16.5. The summed E-state index contributed by atoms with van der Waals surface area (Å²) in [4.78, 5) is 10.9. The Hall–Kier alpha value is -0.610. The van der Waals surface area contributed by atoms with E-state index >= 15 is 0 Å². The molecule has 1 unspecified atom stereocenters. The first kappa shape index (κ1) is 13.4. The smallest absolute Gasteiger partial charge is 0.307 e. The van der Waals surface area contributed by atoms with E-state index in [1.165, 1.54) is 7.11 Å². The van der Waals surface area contributed by atoms with Crippen molar-refractivity contribution in [1.29, 1.82) is 0 Å². The molecule has 0 saturated carbocycles. The Bertz CT molecular complexity index is 159. The van der Waals surface area contributed by atoms with E-state index in [4.69, 9.17) is 4.74 Å². The molecule has 1 atom stereocenters. The second-order valence-corrected chi connectivity index (χ2v) is 3.55. The number of hydrogen-bond donors (Lipinski definition) is 1. The second kappa shape index (κ2) is 7.76. The molecule has 0 aliphatic carbocycles. The Labute approximate surface area is 86.0 Å². The molecule has 0 fully saturated rings. The Balaban J connectivity index is 3.35. The lowest BCUT2D eigenvalue weighted by atomic mass is 10.2. The summed E-state index contributed by atoms with van der Waals surface area (Å²) < 4.78 is 9.90. The fourth-order valence-corrected chi connectivity index (χ4v) is 1.01. The van der Waals surface area contributed by atoms with E-state index in [1.54, 1.807) is 0 Å². The predicted octanol–water partition coefficient (Wildman–Crippen LogP) is 0.953. The summed E-state index contributed by atoms with van der Waals surface area (Å²) in [5, 5.41) is 3.18. The lowest BCUT2D eigenvalue weighted by molar-refractivity contribution is -0.141. The van der Waals surface area contributed by atoms with Crippen molar-refractivity contribution in [3.8, 4) is 0 Å². The first-order valence-electron chi connectivity index (χ1n) is 4.98. The summed E-state index contributed by atoms with van der Waals surface area (Å²) in [6, 6.07) is 0.137. The van der Waals surface area contributed by atoms with E-state index in [-0.39, 0.29) is 18.1 Å². The molecule has 0 radical (unpaired) electrons. The highest BCUT2D eigenvalue weighted by molar-refractivity contribution is 5.69. The van der Waals surface area contributed by atoms with E-state index in [1.807, 2.05) is 20.8 Å². The molecule has 0 amide bonds. The van der Waals surface area contributed by atoms with Crippen LogP contribution in [0.15, 0.2) is 0 Å². The molecule has 0 aromatic heterocycles. The zero-order valence-electron chi connectivity index (χ0n) is 9.50. The molecule has 0 heterocycles. The van der Waals surface area contributed by atoms with E-state index in [0.717, 1.165) is 6.54 Å². The number of hydrogen-bond acceptors (Lipinski definition) is 4. The molecule has 4 nitrogen and oxygen atoms in total. The standard InChI is InChI=1S/C10H21NO3/c1-8(2)14-6-5-11-9(3)7-10(12)13-4/h8-9,11H,5-7H2,1-4H3. The third kappa shape index (κ3) is 8.01. The van der Waals surface area contributed by atoms with Gasteiger partial charge in [-0.1, -0.05) is 0 Å². The Morgan fingerprint density at radius 3 is 2.50 bits per heavy atom. The van der Waals surface area contributed by atoms with Gasteiger partial charge in [0.2, 0.25) is 0 Å². The topological polar surface area (TPSA) is 47.6 Å².